The fourth-order valence-electron chi connectivity index (χ4n) is 4.94. The van der Waals surface area contributed by atoms with E-state index in [-0.39, 0.29) is 6.03 Å². The number of hydrogen-bond acceptors (Lipinski definition) is 1. The number of likely N-dealkylation sites (tertiary alicyclic amines) is 1. The Morgan fingerprint density at radius 3 is 2.57 bits per heavy atom. The topological polar surface area (TPSA) is 32.3 Å². The molecular weight excluding hydrogens is 382 g/mol. The molecule has 3 nitrogen and oxygen atoms in total. The van der Waals surface area contributed by atoms with Gasteiger partial charge in [0.15, 0.2) is 0 Å². The maximum atomic E-state index is 12.5. The van der Waals surface area contributed by atoms with Crippen LogP contribution in [0.25, 0.3) is 0 Å². The van der Waals surface area contributed by atoms with Crippen LogP contribution in [-0.2, 0) is 0 Å². The fourth-order valence-corrected chi connectivity index (χ4v) is 8.44. The summed E-state index contributed by atoms with van der Waals surface area (Å²) in [6, 6.07) is 11.4. The minimum absolute atomic E-state index is 0.125. The van der Waals surface area contributed by atoms with Gasteiger partial charge in [-0.15, -0.1) is 17.2 Å². The number of urea groups is 1. The van der Waals surface area contributed by atoms with Gasteiger partial charge < -0.3 is 10.2 Å². The number of benzene rings is 1. The summed E-state index contributed by atoms with van der Waals surface area (Å²) >= 11 is 0. The van der Waals surface area contributed by atoms with Crippen molar-refractivity contribution in [3.05, 3.63) is 35.9 Å². The molecule has 3 rings (SSSR count). The molecule has 2 fully saturated rings. The fraction of sp³-hybridized carbons (Fsp3) is 0.696. The van der Waals surface area contributed by atoms with E-state index < -0.39 is 0 Å². The molecule has 0 radical (unpaired) electrons. The van der Waals surface area contributed by atoms with Gasteiger partial charge in [0.05, 0.1) is 0 Å². The summed E-state index contributed by atoms with van der Waals surface area (Å²) in [7, 11) is 3.65. The Labute approximate surface area is 175 Å². The van der Waals surface area contributed by atoms with E-state index in [1.54, 1.807) is 7.05 Å². The lowest BCUT2D eigenvalue weighted by molar-refractivity contribution is 0.199. The van der Waals surface area contributed by atoms with Crippen LogP contribution in [0.1, 0.15) is 63.6 Å². The molecule has 0 spiro atoms. The summed E-state index contributed by atoms with van der Waals surface area (Å²) in [5.41, 5.74) is 3.54. The minimum Gasteiger partial charge on any atom is -0.341 e. The quantitative estimate of drug-likeness (QED) is 0.551. The highest BCUT2D eigenvalue weighted by molar-refractivity contribution is 7.40. The lowest BCUT2D eigenvalue weighted by atomic mass is 9.87. The smallest absolute Gasteiger partial charge is 0.317 e. The van der Waals surface area contributed by atoms with Crippen molar-refractivity contribution in [2.24, 2.45) is 5.92 Å². The van der Waals surface area contributed by atoms with Gasteiger partial charge in [0.1, 0.15) is 0 Å². The van der Waals surface area contributed by atoms with E-state index in [0.29, 0.717) is 17.4 Å². The van der Waals surface area contributed by atoms with Crippen molar-refractivity contribution >= 4 is 23.2 Å². The predicted octanol–water partition coefficient (Wildman–Crippen LogP) is 5.86. The van der Waals surface area contributed by atoms with Gasteiger partial charge in [0.2, 0.25) is 0 Å². The number of carbonyl (C=O) groups is 1. The van der Waals surface area contributed by atoms with Crippen molar-refractivity contribution in [1.82, 2.24) is 10.2 Å². The zero-order valence-electron chi connectivity index (χ0n) is 17.8. The van der Waals surface area contributed by atoms with E-state index >= 15 is 0 Å². The molecular formula is C23H38N2OP2. The lowest BCUT2D eigenvalue weighted by Gasteiger charge is -2.29. The van der Waals surface area contributed by atoms with Crippen LogP contribution in [0.3, 0.4) is 0 Å². The molecule has 2 amide bonds. The monoisotopic (exact) mass is 420 g/mol. The second kappa shape index (κ2) is 10.9. The zero-order valence-corrected chi connectivity index (χ0v) is 19.8. The van der Waals surface area contributed by atoms with Gasteiger partial charge in [-0.1, -0.05) is 63.4 Å². The first kappa shape index (κ1) is 22.0. The van der Waals surface area contributed by atoms with Crippen LogP contribution in [0.4, 0.5) is 4.79 Å². The van der Waals surface area contributed by atoms with Gasteiger partial charge in [0.25, 0.3) is 0 Å². The van der Waals surface area contributed by atoms with Gasteiger partial charge in [-0.25, -0.2) is 4.79 Å². The minimum atomic E-state index is 0.125. The Bertz CT molecular complexity index is 606. The van der Waals surface area contributed by atoms with Gasteiger partial charge in [-0.05, 0) is 53.9 Å². The SMILES string of the molecule is CNC(=O)N1CC(PC(C)C2CCCCC2)CC1CPC(C)c1ccccc1. The maximum absolute atomic E-state index is 12.5. The third-order valence-electron chi connectivity index (χ3n) is 6.70. The van der Waals surface area contributed by atoms with Crippen molar-refractivity contribution in [2.45, 2.75) is 75.4 Å². The van der Waals surface area contributed by atoms with E-state index in [1.165, 1.54) is 44.1 Å². The zero-order chi connectivity index (χ0) is 19.9. The number of carbonyl (C=O) groups excluding carboxylic acids is 1. The van der Waals surface area contributed by atoms with Crippen LogP contribution in [0, 0.1) is 5.92 Å². The first-order valence-corrected chi connectivity index (χ1v) is 13.5. The molecule has 1 aliphatic carbocycles. The van der Waals surface area contributed by atoms with Crippen LogP contribution in [0.2, 0.25) is 0 Å². The molecule has 1 saturated heterocycles. The molecule has 1 aliphatic heterocycles. The van der Waals surface area contributed by atoms with E-state index in [1.807, 2.05) is 0 Å². The second-order valence-corrected chi connectivity index (χ2v) is 12.4. The molecule has 1 saturated carbocycles. The van der Waals surface area contributed by atoms with E-state index in [0.717, 1.165) is 41.4 Å². The summed E-state index contributed by atoms with van der Waals surface area (Å²) in [4.78, 5) is 14.6. The highest BCUT2D eigenvalue weighted by Crippen LogP contribution is 2.44. The van der Waals surface area contributed by atoms with Gasteiger partial charge in [0, 0.05) is 19.6 Å². The Morgan fingerprint density at radius 2 is 1.89 bits per heavy atom. The van der Waals surface area contributed by atoms with E-state index in [4.69, 9.17) is 0 Å². The molecule has 0 bridgehead atoms. The summed E-state index contributed by atoms with van der Waals surface area (Å²) in [5, 5.41) is 2.89. The predicted molar refractivity (Wildman–Crippen MR) is 126 cm³/mol. The molecule has 1 aromatic carbocycles. The van der Waals surface area contributed by atoms with E-state index in [2.05, 4.69) is 54.4 Å². The van der Waals surface area contributed by atoms with Crippen LogP contribution in [-0.4, -0.2) is 48.0 Å². The lowest BCUT2D eigenvalue weighted by Crippen LogP contribution is -2.42. The second-order valence-electron chi connectivity index (χ2n) is 8.69. The summed E-state index contributed by atoms with van der Waals surface area (Å²) in [6.45, 7) is 5.77. The van der Waals surface area contributed by atoms with Crippen LogP contribution >= 0.6 is 17.2 Å². The Hall–Kier alpha value is -0.650. The van der Waals surface area contributed by atoms with E-state index in [9.17, 15) is 4.79 Å². The van der Waals surface area contributed by atoms with Crippen molar-refractivity contribution < 1.29 is 4.79 Å². The summed E-state index contributed by atoms with van der Waals surface area (Å²) < 4.78 is 0. The Balaban J connectivity index is 1.55. The van der Waals surface area contributed by atoms with Crippen molar-refractivity contribution in [2.75, 3.05) is 19.8 Å². The van der Waals surface area contributed by atoms with Crippen molar-refractivity contribution in [3.63, 3.8) is 0 Å². The number of nitrogens with one attached hydrogen (secondary N) is 1. The Morgan fingerprint density at radius 1 is 1.18 bits per heavy atom. The molecule has 2 aliphatic rings. The first-order valence-electron chi connectivity index (χ1n) is 11.1. The molecule has 0 aromatic heterocycles. The summed E-state index contributed by atoms with van der Waals surface area (Å²) in [6.07, 6.45) is 9.49. The number of hydrogen-bond donors (Lipinski definition) is 1. The van der Waals surface area contributed by atoms with Crippen molar-refractivity contribution in [1.29, 1.82) is 0 Å². The number of amides is 2. The largest absolute Gasteiger partial charge is 0.341 e. The van der Waals surface area contributed by atoms with Gasteiger partial charge in [-0.2, -0.15) is 0 Å². The third kappa shape index (κ3) is 5.93. The molecule has 156 valence electrons. The summed E-state index contributed by atoms with van der Waals surface area (Å²) in [5.74, 6) is 0.930. The molecule has 1 heterocycles. The van der Waals surface area contributed by atoms with Gasteiger partial charge in [-0.3, -0.25) is 0 Å². The molecule has 28 heavy (non-hydrogen) atoms. The molecule has 6 atom stereocenters. The maximum Gasteiger partial charge on any atom is 0.317 e. The van der Waals surface area contributed by atoms with Crippen LogP contribution in [0.5, 0.6) is 0 Å². The molecule has 1 aromatic rings. The molecule has 1 N–H and O–H groups in total. The number of nitrogens with zero attached hydrogens (tertiary/aromatic N) is 1. The van der Waals surface area contributed by atoms with Crippen molar-refractivity contribution in [3.8, 4) is 0 Å². The Kier molecular flexibility index (Phi) is 8.61. The average molecular weight is 421 g/mol. The van der Waals surface area contributed by atoms with Gasteiger partial charge >= 0.3 is 6.03 Å². The number of rotatable bonds is 7. The molecule has 5 heteroatoms. The third-order valence-corrected chi connectivity index (χ3v) is 10.2. The van der Waals surface area contributed by atoms with Crippen LogP contribution < -0.4 is 5.32 Å². The standard InChI is InChI=1S/C23H38N2OP2/c1-17(19-10-6-4-7-11-19)27-16-21-14-22(15-25(21)23(26)24-3)28-18(2)20-12-8-5-9-13-20/h4,6-7,10-11,17-18,20-22,27-28H,5,8-9,12-16H2,1-3H3,(H,24,26). The normalized spacial score (nSPS) is 26.3. The highest BCUT2D eigenvalue weighted by Gasteiger charge is 2.36. The average Bonchev–Trinajstić information content (AvgIpc) is 3.15. The first-order chi connectivity index (χ1) is 13.6. The molecule has 6 unspecified atom stereocenters. The highest BCUT2D eigenvalue weighted by atomic mass is 31.1. The van der Waals surface area contributed by atoms with Crippen LogP contribution in [0.15, 0.2) is 30.3 Å².